The molecule has 1 atom stereocenters. The third-order valence-corrected chi connectivity index (χ3v) is 4.58. The second kappa shape index (κ2) is 8.08. The lowest BCUT2D eigenvalue weighted by atomic mass is 9.98. The standard InChI is InChI=1S/C20H30N2O4/c1-14(2)17-13-22(19(25)26-20(3,4)5)11-10-21(17)12-15-8-6-7-9-16(15)18(23)24/h6-9,14,17H,10-13H2,1-5H3,(H,23,24)/t17-/m0/s1. The van der Waals surface area contributed by atoms with Crippen LogP contribution in [0.25, 0.3) is 0 Å². The number of carboxylic acid groups (broad SMARTS) is 1. The number of hydrogen-bond donors (Lipinski definition) is 1. The van der Waals surface area contributed by atoms with Crippen molar-refractivity contribution in [3.63, 3.8) is 0 Å². The Kier molecular flexibility index (Phi) is 6.29. The first-order valence-electron chi connectivity index (χ1n) is 9.11. The van der Waals surface area contributed by atoms with Crippen LogP contribution < -0.4 is 0 Å². The van der Waals surface area contributed by atoms with Crippen LogP contribution in [0.3, 0.4) is 0 Å². The van der Waals surface area contributed by atoms with Crippen molar-refractivity contribution >= 4 is 12.1 Å². The number of carbonyl (C=O) groups is 2. The van der Waals surface area contributed by atoms with E-state index in [4.69, 9.17) is 4.74 Å². The predicted molar refractivity (Wildman–Crippen MR) is 100 cm³/mol. The van der Waals surface area contributed by atoms with Gasteiger partial charge in [0.15, 0.2) is 0 Å². The van der Waals surface area contributed by atoms with Crippen molar-refractivity contribution in [3.05, 3.63) is 35.4 Å². The summed E-state index contributed by atoms with van der Waals surface area (Å²) in [5.74, 6) is -0.577. The van der Waals surface area contributed by atoms with Gasteiger partial charge in [0.2, 0.25) is 0 Å². The zero-order chi connectivity index (χ0) is 19.5. The number of aromatic carboxylic acids is 1. The number of carboxylic acids is 1. The van der Waals surface area contributed by atoms with Gasteiger partial charge in [-0.25, -0.2) is 9.59 Å². The molecule has 0 radical (unpaired) electrons. The van der Waals surface area contributed by atoms with Gasteiger partial charge in [-0.3, -0.25) is 4.90 Å². The molecule has 1 saturated heterocycles. The highest BCUT2D eigenvalue weighted by molar-refractivity contribution is 5.89. The number of amides is 1. The third kappa shape index (κ3) is 5.21. The quantitative estimate of drug-likeness (QED) is 0.888. The summed E-state index contributed by atoms with van der Waals surface area (Å²) >= 11 is 0. The van der Waals surface area contributed by atoms with Crippen LogP contribution in [-0.2, 0) is 11.3 Å². The number of piperazine rings is 1. The summed E-state index contributed by atoms with van der Waals surface area (Å²) in [6, 6.07) is 7.26. The van der Waals surface area contributed by atoms with Gasteiger partial charge in [0.25, 0.3) is 0 Å². The monoisotopic (exact) mass is 362 g/mol. The average molecular weight is 362 g/mol. The van der Waals surface area contributed by atoms with Gasteiger partial charge in [0, 0.05) is 32.2 Å². The zero-order valence-corrected chi connectivity index (χ0v) is 16.4. The zero-order valence-electron chi connectivity index (χ0n) is 16.4. The lowest BCUT2D eigenvalue weighted by Gasteiger charge is -2.43. The molecule has 1 fully saturated rings. The molecule has 1 amide bonds. The van der Waals surface area contributed by atoms with Gasteiger partial charge in [-0.2, -0.15) is 0 Å². The molecule has 0 bridgehead atoms. The van der Waals surface area contributed by atoms with E-state index in [-0.39, 0.29) is 12.1 Å². The van der Waals surface area contributed by atoms with Crippen molar-refractivity contribution in [1.82, 2.24) is 9.80 Å². The molecule has 0 unspecified atom stereocenters. The summed E-state index contributed by atoms with van der Waals surface area (Å²) in [5.41, 5.74) is 0.628. The van der Waals surface area contributed by atoms with Crippen molar-refractivity contribution in [1.29, 1.82) is 0 Å². The van der Waals surface area contributed by atoms with E-state index in [9.17, 15) is 14.7 Å². The summed E-state index contributed by atoms with van der Waals surface area (Å²) in [4.78, 5) is 27.9. The maximum atomic E-state index is 12.4. The van der Waals surface area contributed by atoms with Crippen LogP contribution in [-0.4, -0.2) is 58.2 Å². The van der Waals surface area contributed by atoms with Crippen molar-refractivity contribution in [3.8, 4) is 0 Å². The maximum absolute atomic E-state index is 12.4. The van der Waals surface area contributed by atoms with Crippen LogP contribution in [0.4, 0.5) is 4.79 Å². The number of ether oxygens (including phenoxy) is 1. The summed E-state index contributed by atoms with van der Waals surface area (Å²) in [6.45, 7) is 12.3. The van der Waals surface area contributed by atoms with Crippen LogP contribution >= 0.6 is 0 Å². The highest BCUT2D eigenvalue weighted by Crippen LogP contribution is 2.23. The first kappa shape index (κ1) is 20.2. The van der Waals surface area contributed by atoms with Gasteiger partial charge in [-0.15, -0.1) is 0 Å². The third-order valence-electron chi connectivity index (χ3n) is 4.58. The molecular weight excluding hydrogens is 332 g/mol. The van der Waals surface area contributed by atoms with Crippen molar-refractivity contribution < 1.29 is 19.4 Å². The summed E-state index contributed by atoms with van der Waals surface area (Å²) in [5, 5.41) is 9.41. The average Bonchev–Trinajstić information content (AvgIpc) is 2.53. The minimum atomic E-state index is -0.908. The molecule has 1 aliphatic heterocycles. The molecule has 2 rings (SSSR count). The summed E-state index contributed by atoms with van der Waals surface area (Å²) in [6.07, 6.45) is -0.284. The number of nitrogens with zero attached hydrogens (tertiary/aromatic N) is 2. The molecule has 1 aliphatic rings. The molecule has 6 nitrogen and oxygen atoms in total. The molecule has 1 N–H and O–H groups in total. The van der Waals surface area contributed by atoms with E-state index in [0.717, 1.165) is 5.56 Å². The van der Waals surface area contributed by atoms with Gasteiger partial charge < -0.3 is 14.7 Å². The second-order valence-electron chi connectivity index (χ2n) is 8.17. The molecule has 144 valence electrons. The molecule has 0 saturated carbocycles. The molecule has 26 heavy (non-hydrogen) atoms. The number of carbonyl (C=O) groups excluding carboxylic acids is 1. The van der Waals surface area contributed by atoms with Crippen LogP contribution in [0, 0.1) is 5.92 Å². The minimum absolute atomic E-state index is 0.151. The Morgan fingerprint density at radius 2 is 1.88 bits per heavy atom. The smallest absolute Gasteiger partial charge is 0.410 e. The van der Waals surface area contributed by atoms with E-state index >= 15 is 0 Å². The second-order valence-corrected chi connectivity index (χ2v) is 8.17. The van der Waals surface area contributed by atoms with E-state index in [1.807, 2.05) is 32.9 Å². The molecule has 1 aromatic rings. The van der Waals surface area contributed by atoms with Crippen LogP contribution in [0.15, 0.2) is 24.3 Å². The van der Waals surface area contributed by atoms with Crippen molar-refractivity contribution in [2.75, 3.05) is 19.6 Å². The SMILES string of the molecule is CC(C)[C@@H]1CN(C(=O)OC(C)(C)C)CCN1Cc1ccccc1C(=O)O. The maximum Gasteiger partial charge on any atom is 0.410 e. The fraction of sp³-hybridized carbons (Fsp3) is 0.600. The minimum Gasteiger partial charge on any atom is -0.478 e. The Bertz CT molecular complexity index is 651. The predicted octanol–water partition coefficient (Wildman–Crippen LogP) is 3.46. The van der Waals surface area contributed by atoms with Gasteiger partial charge in [0.1, 0.15) is 5.60 Å². The topological polar surface area (TPSA) is 70.1 Å². The normalized spacial score (nSPS) is 18.8. The Morgan fingerprint density at radius 3 is 2.46 bits per heavy atom. The Hall–Kier alpha value is -2.08. The number of hydrogen-bond acceptors (Lipinski definition) is 4. The molecule has 0 aliphatic carbocycles. The molecular formula is C20H30N2O4. The highest BCUT2D eigenvalue weighted by Gasteiger charge is 2.33. The largest absolute Gasteiger partial charge is 0.478 e. The van der Waals surface area contributed by atoms with Gasteiger partial charge >= 0.3 is 12.1 Å². The number of benzene rings is 1. The molecule has 1 heterocycles. The highest BCUT2D eigenvalue weighted by atomic mass is 16.6. The van der Waals surface area contributed by atoms with E-state index in [0.29, 0.717) is 37.7 Å². The van der Waals surface area contributed by atoms with Crippen LogP contribution in [0.1, 0.15) is 50.5 Å². The fourth-order valence-corrected chi connectivity index (χ4v) is 3.25. The number of rotatable bonds is 4. The van der Waals surface area contributed by atoms with Crippen molar-refractivity contribution in [2.45, 2.75) is 52.8 Å². The Morgan fingerprint density at radius 1 is 1.23 bits per heavy atom. The van der Waals surface area contributed by atoms with Crippen LogP contribution in [0.5, 0.6) is 0 Å². The molecule has 0 aromatic heterocycles. The summed E-state index contributed by atoms with van der Waals surface area (Å²) in [7, 11) is 0. The lowest BCUT2D eigenvalue weighted by Crippen LogP contribution is -2.56. The molecule has 0 spiro atoms. The van der Waals surface area contributed by atoms with Crippen molar-refractivity contribution in [2.24, 2.45) is 5.92 Å². The summed E-state index contributed by atoms with van der Waals surface area (Å²) < 4.78 is 5.50. The first-order chi connectivity index (χ1) is 12.1. The fourth-order valence-electron chi connectivity index (χ4n) is 3.25. The van der Waals surface area contributed by atoms with Gasteiger partial charge in [0.05, 0.1) is 5.56 Å². The van der Waals surface area contributed by atoms with E-state index in [2.05, 4.69) is 18.7 Å². The first-order valence-corrected chi connectivity index (χ1v) is 9.11. The lowest BCUT2D eigenvalue weighted by molar-refractivity contribution is -0.00429. The van der Waals surface area contributed by atoms with E-state index in [1.165, 1.54) is 0 Å². The Labute approximate surface area is 155 Å². The van der Waals surface area contributed by atoms with Gasteiger partial charge in [-0.1, -0.05) is 32.0 Å². The Balaban J connectivity index is 2.12. The van der Waals surface area contributed by atoms with E-state index < -0.39 is 11.6 Å². The van der Waals surface area contributed by atoms with E-state index in [1.54, 1.807) is 17.0 Å². The van der Waals surface area contributed by atoms with Crippen LogP contribution in [0.2, 0.25) is 0 Å². The molecule has 1 aromatic carbocycles. The molecule has 6 heteroatoms. The van der Waals surface area contributed by atoms with Gasteiger partial charge in [-0.05, 0) is 38.3 Å².